The van der Waals surface area contributed by atoms with Crippen LogP contribution in [0.1, 0.15) is 23.6 Å². The summed E-state index contributed by atoms with van der Waals surface area (Å²) in [6.45, 7) is 4.71. The Morgan fingerprint density at radius 2 is 1.86 bits per heavy atom. The maximum absolute atomic E-state index is 13.1. The summed E-state index contributed by atoms with van der Waals surface area (Å²) in [4.78, 5) is 42.2. The lowest BCUT2D eigenvalue weighted by Crippen LogP contribution is -2.31. The number of nitro groups is 1. The van der Waals surface area contributed by atoms with Gasteiger partial charge in [0.2, 0.25) is 0 Å². The van der Waals surface area contributed by atoms with Crippen molar-refractivity contribution in [2.45, 2.75) is 19.0 Å². The van der Waals surface area contributed by atoms with Gasteiger partial charge in [-0.2, -0.15) is 0 Å². The molecule has 10 nitrogen and oxygen atoms in total. The molecule has 0 saturated carbocycles. The third-order valence-corrected chi connectivity index (χ3v) is 5.83. The Labute approximate surface area is 206 Å². The van der Waals surface area contributed by atoms with Gasteiger partial charge in [0.15, 0.2) is 0 Å². The van der Waals surface area contributed by atoms with Crippen molar-refractivity contribution in [3.63, 3.8) is 0 Å². The summed E-state index contributed by atoms with van der Waals surface area (Å²) in [7, 11) is 0. The quantitative estimate of drug-likeness (QED) is 0.115. The molecule has 3 aromatic rings. The minimum atomic E-state index is -0.898. The van der Waals surface area contributed by atoms with Crippen LogP contribution < -0.4 is 4.74 Å². The van der Waals surface area contributed by atoms with Crippen molar-refractivity contribution in [1.29, 1.82) is 0 Å². The summed E-state index contributed by atoms with van der Waals surface area (Å²) in [5, 5.41) is 22.3. The second-order valence-electron chi connectivity index (χ2n) is 8.12. The molecule has 1 aliphatic heterocycles. The van der Waals surface area contributed by atoms with Crippen molar-refractivity contribution in [3.05, 3.63) is 107 Å². The van der Waals surface area contributed by atoms with Gasteiger partial charge >= 0.3 is 0 Å². The number of carbonyl (C=O) groups excluding carboxylic acids is 2. The zero-order valence-electron chi connectivity index (χ0n) is 19.3. The number of nitro benzene ring substituents is 1. The van der Waals surface area contributed by atoms with E-state index in [1.165, 1.54) is 29.2 Å². The number of amides is 1. The molecule has 0 bridgehead atoms. The molecule has 0 unspecified atom stereocenters. The molecule has 1 atom stereocenters. The number of aliphatic hydroxyl groups excluding tert-OH is 1. The smallest absolute Gasteiger partial charge is 0.295 e. The number of Topliss-reactive ketones (excluding diaryl/α,β-unsaturated/α-hetero) is 1. The second kappa shape index (κ2) is 10.7. The zero-order valence-corrected chi connectivity index (χ0v) is 19.3. The molecular weight excluding hydrogens is 464 g/mol. The van der Waals surface area contributed by atoms with E-state index in [0.29, 0.717) is 36.4 Å². The van der Waals surface area contributed by atoms with Crippen molar-refractivity contribution in [2.75, 3.05) is 13.2 Å². The predicted molar refractivity (Wildman–Crippen MR) is 131 cm³/mol. The van der Waals surface area contributed by atoms with Crippen LogP contribution >= 0.6 is 0 Å². The molecule has 1 aromatic heterocycles. The summed E-state index contributed by atoms with van der Waals surface area (Å²) in [5.41, 5.74) is 0.626. The number of rotatable bonds is 10. The van der Waals surface area contributed by atoms with Gasteiger partial charge in [-0.25, -0.2) is 4.98 Å². The van der Waals surface area contributed by atoms with Gasteiger partial charge in [-0.15, -0.1) is 0 Å². The van der Waals surface area contributed by atoms with Gasteiger partial charge in [-0.3, -0.25) is 19.7 Å². The summed E-state index contributed by atoms with van der Waals surface area (Å²) >= 11 is 0. The van der Waals surface area contributed by atoms with E-state index < -0.39 is 22.7 Å². The van der Waals surface area contributed by atoms with Crippen molar-refractivity contribution in [3.8, 4) is 5.75 Å². The largest absolute Gasteiger partial charge is 0.507 e. The van der Waals surface area contributed by atoms with Crippen LogP contribution in [0.3, 0.4) is 0 Å². The van der Waals surface area contributed by atoms with Crippen molar-refractivity contribution < 1.29 is 24.4 Å². The Hall–Kier alpha value is -4.73. The lowest BCUT2D eigenvalue weighted by Gasteiger charge is -2.25. The van der Waals surface area contributed by atoms with Crippen molar-refractivity contribution >= 4 is 23.1 Å². The average molecular weight is 489 g/mol. The van der Waals surface area contributed by atoms with Crippen LogP contribution in [-0.2, 0) is 16.1 Å². The molecule has 0 aliphatic carbocycles. The van der Waals surface area contributed by atoms with Crippen LogP contribution in [0.2, 0.25) is 0 Å². The number of likely N-dealkylation sites (tertiary alicyclic amines) is 1. The number of non-ortho nitro benzene ring substituents is 1. The summed E-state index contributed by atoms with van der Waals surface area (Å²) in [6.07, 6.45) is 7.24. The number of ketones is 1. The number of benzene rings is 2. The second-order valence-corrected chi connectivity index (χ2v) is 8.12. The first kappa shape index (κ1) is 24.4. The van der Waals surface area contributed by atoms with E-state index in [9.17, 15) is 24.8 Å². The number of hydrogen-bond acceptors (Lipinski definition) is 7. The van der Waals surface area contributed by atoms with Crippen LogP contribution in [0.25, 0.3) is 5.76 Å². The number of ether oxygens (including phenoxy) is 1. The number of imidazole rings is 1. The summed E-state index contributed by atoms with van der Waals surface area (Å²) in [5.74, 6) is -1.33. The zero-order chi connectivity index (χ0) is 25.7. The minimum absolute atomic E-state index is 0.0729. The van der Waals surface area contributed by atoms with E-state index in [4.69, 9.17) is 4.74 Å². The fourth-order valence-electron chi connectivity index (χ4n) is 4.10. The molecule has 2 aromatic carbocycles. The van der Waals surface area contributed by atoms with E-state index in [0.717, 1.165) is 0 Å². The number of aliphatic hydroxyl groups is 1. The molecule has 0 radical (unpaired) electrons. The molecule has 1 fully saturated rings. The molecule has 0 spiro atoms. The first-order valence-corrected chi connectivity index (χ1v) is 11.2. The molecule has 4 rings (SSSR count). The van der Waals surface area contributed by atoms with Gasteiger partial charge in [-0.1, -0.05) is 12.7 Å². The standard InChI is InChI=1S/C26H24N4O6/c1-2-16-36-21-10-6-19(7-11-21)24(31)22-23(18-4-8-20(9-5-18)30(34)35)29(26(33)25(22)32)14-3-13-28-15-12-27-17-28/h2,4-12,15,17,23,31H,1,3,13-14,16H2/b24-22+/t23-/m1/s1. The lowest BCUT2D eigenvalue weighted by molar-refractivity contribution is -0.384. The third-order valence-electron chi connectivity index (χ3n) is 5.83. The molecule has 1 amide bonds. The van der Waals surface area contributed by atoms with E-state index in [-0.39, 0.29) is 23.6 Å². The molecule has 1 N–H and O–H groups in total. The highest BCUT2D eigenvalue weighted by Gasteiger charge is 2.45. The van der Waals surface area contributed by atoms with Crippen LogP contribution in [0.4, 0.5) is 5.69 Å². The summed E-state index contributed by atoms with van der Waals surface area (Å²) in [6, 6.07) is 11.2. The predicted octanol–water partition coefficient (Wildman–Crippen LogP) is 3.87. The lowest BCUT2D eigenvalue weighted by atomic mass is 9.95. The van der Waals surface area contributed by atoms with Gasteiger partial charge in [0.1, 0.15) is 18.1 Å². The average Bonchev–Trinajstić information content (AvgIpc) is 3.50. The highest BCUT2D eigenvalue weighted by Crippen LogP contribution is 2.40. The molecule has 2 heterocycles. The molecular formula is C26H24N4O6. The maximum Gasteiger partial charge on any atom is 0.295 e. The number of aryl methyl sites for hydroxylation is 1. The first-order chi connectivity index (χ1) is 17.4. The Balaban J connectivity index is 1.70. The van der Waals surface area contributed by atoms with Crippen molar-refractivity contribution in [1.82, 2.24) is 14.5 Å². The Kier molecular flexibility index (Phi) is 7.24. The molecule has 10 heteroatoms. The Morgan fingerprint density at radius 1 is 1.14 bits per heavy atom. The highest BCUT2D eigenvalue weighted by molar-refractivity contribution is 6.46. The monoisotopic (exact) mass is 488 g/mol. The number of aromatic nitrogens is 2. The molecule has 1 saturated heterocycles. The van der Waals surface area contributed by atoms with Crippen LogP contribution in [0.5, 0.6) is 5.75 Å². The van der Waals surface area contributed by atoms with E-state index >= 15 is 0 Å². The Bertz CT molecular complexity index is 1300. The fourth-order valence-corrected chi connectivity index (χ4v) is 4.10. The van der Waals surface area contributed by atoms with E-state index in [1.54, 1.807) is 49.1 Å². The van der Waals surface area contributed by atoms with Gasteiger partial charge in [0, 0.05) is 43.2 Å². The number of carbonyl (C=O) groups is 2. The van der Waals surface area contributed by atoms with E-state index in [2.05, 4.69) is 11.6 Å². The molecule has 1 aliphatic rings. The van der Waals surface area contributed by atoms with E-state index in [1.807, 2.05) is 4.57 Å². The Morgan fingerprint density at radius 3 is 2.47 bits per heavy atom. The van der Waals surface area contributed by atoms with Crippen molar-refractivity contribution in [2.24, 2.45) is 0 Å². The van der Waals surface area contributed by atoms with Gasteiger partial charge in [0.25, 0.3) is 17.4 Å². The van der Waals surface area contributed by atoms with Crippen LogP contribution in [0.15, 0.2) is 85.5 Å². The molecule has 36 heavy (non-hydrogen) atoms. The summed E-state index contributed by atoms with van der Waals surface area (Å²) < 4.78 is 7.31. The highest BCUT2D eigenvalue weighted by atomic mass is 16.6. The fraction of sp³-hybridized carbons (Fsp3) is 0.192. The molecule has 184 valence electrons. The number of hydrogen-bond donors (Lipinski definition) is 1. The maximum atomic E-state index is 13.1. The topological polar surface area (TPSA) is 128 Å². The van der Waals surface area contributed by atoms with Gasteiger partial charge in [-0.05, 0) is 48.4 Å². The first-order valence-electron chi connectivity index (χ1n) is 11.2. The third kappa shape index (κ3) is 5.02. The van der Waals surface area contributed by atoms with Crippen LogP contribution in [0, 0.1) is 10.1 Å². The van der Waals surface area contributed by atoms with Crippen LogP contribution in [-0.4, -0.2) is 49.3 Å². The normalized spacial score (nSPS) is 16.8. The van der Waals surface area contributed by atoms with Gasteiger partial charge < -0.3 is 19.3 Å². The number of nitrogens with zero attached hydrogens (tertiary/aromatic N) is 4. The SMILES string of the molecule is C=CCOc1ccc(/C(O)=C2\C(=O)C(=O)N(CCCn3ccnc3)[C@@H]2c2ccc([N+](=O)[O-])cc2)cc1. The van der Waals surface area contributed by atoms with Gasteiger partial charge in [0.05, 0.1) is 22.9 Å². The minimum Gasteiger partial charge on any atom is -0.507 e.